The Hall–Kier alpha value is -0.310. The van der Waals surface area contributed by atoms with Crippen LogP contribution in [0.15, 0.2) is 0 Å². The summed E-state index contributed by atoms with van der Waals surface area (Å²) >= 11 is 4.98. The van der Waals surface area contributed by atoms with Gasteiger partial charge in [0.15, 0.2) is 0 Å². The number of thiocarbonyl (C=S) groups is 1. The summed E-state index contributed by atoms with van der Waals surface area (Å²) in [6, 6.07) is 0. The highest BCUT2D eigenvalue weighted by molar-refractivity contribution is 7.79. The highest BCUT2D eigenvalue weighted by Gasteiger charge is 2.12. The Kier molecular flexibility index (Phi) is 8.41. The number of methoxy groups -OCH3 is 1. The molecule has 0 saturated heterocycles. The summed E-state index contributed by atoms with van der Waals surface area (Å²) in [4.78, 5) is 0. The third-order valence-electron chi connectivity index (χ3n) is 3.48. The lowest BCUT2D eigenvalue weighted by atomic mass is 9.99. The van der Waals surface area contributed by atoms with Gasteiger partial charge in [-0.2, -0.15) is 0 Å². The van der Waals surface area contributed by atoms with Crippen LogP contribution >= 0.6 is 12.2 Å². The molecule has 2 nitrogen and oxygen atoms in total. The Bertz CT molecular complexity index is 194. The van der Waals surface area contributed by atoms with Gasteiger partial charge in [0.05, 0.1) is 7.11 Å². The summed E-state index contributed by atoms with van der Waals surface area (Å²) in [5, 5.41) is 0.307. The predicted molar refractivity (Wildman–Crippen MR) is 75.3 cm³/mol. The van der Waals surface area contributed by atoms with Gasteiger partial charge in [-0.1, -0.05) is 44.9 Å². The Balaban J connectivity index is 2.29. The fourth-order valence-corrected chi connectivity index (χ4v) is 2.56. The van der Waals surface area contributed by atoms with Crippen molar-refractivity contribution in [1.82, 2.24) is 0 Å². The second-order valence-electron chi connectivity index (χ2n) is 4.95. The van der Waals surface area contributed by atoms with Crippen molar-refractivity contribution in [2.45, 2.75) is 76.7 Å². The van der Waals surface area contributed by atoms with E-state index in [2.05, 4.69) is 0 Å². The minimum atomic E-state index is 0.280. The molecule has 0 aromatic heterocycles. The van der Waals surface area contributed by atoms with Crippen LogP contribution in [0.25, 0.3) is 0 Å². The van der Waals surface area contributed by atoms with Crippen LogP contribution in [0, 0.1) is 0 Å². The summed E-state index contributed by atoms with van der Waals surface area (Å²) in [7, 11) is 1.58. The van der Waals surface area contributed by atoms with Gasteiger partial charge in [0.1, 0.15) is 6.10 Å². The molecule has 1 fully saturated rings. The van der Waals surface area contributed by atoms with Crippen molar-refractivity contribution in [3.05, 3.63) is 0 Å². The molecule has 100 valence electrons. The molecule has 3 heteroatoms. The molecular formula is C14H26O2S. The van der Waals surface area contributed by atoms with Crippen LogP contribution in [0.5, 0.6) is 0 Å². The van der Waals surface area contributed by atoms with E-state index >= 15 is 0 Å². The topological polar surface area (TPSA) is 18.5 Å². The maximum atomic E-state index is 5.65. The monoisotopic (exact) mass is 258 g/mol. The van der Waals surface area contributed by atoms with Gasteiger partial charge < -0.3 is 9.47 Å². The summed E-state index contributed by atoms with van der Waals surface area (Å²) in [6.45, 7) is 0. The highest BCUT2D eigenvalue weighted by atomic mass is 32.1. The number of ether oxygens (including phenoxy) is 2. The van der Waals surface area contributed by atoms with Crippen molar-refractivity contribution < 1.29 is 9.47 Å². The molecule has 0 heterocycles. The molecule has 1 aliphatic rings. The van der Waals surface area contributed by atoms with E-state index in [9.17, 15) is 0 Å². The maximum Gasteiger partial charge on any atom is 0.352 e. The van der Waals surface area contributed by atoms with Gasteiger partial charge in [-0.3, -0.25) is 0 Å². The molecule has 0 amide bonds. The standard InChI is InChI=1S/C14H26O2S/c1-15-14(17)16-13-11-9-7-5-3-2-4-6-8-10-12-13/h13H,2-12H2,1H3. The Morgan fingerprint density at radius 1 is 0.824 bits per heavy atom. The van der Waals surface area contributed by atoms with Crippen LogP contribution in [0.3, 0.4) is 0 Å². The zero-order valence-corrected chi connectivity index (χ0v) is 11.9. The SMILES string of the molecule is COC(=S)OC1CCCCCCCCCCC1. The largest absolute Gasteiger partial charge is 0.460 e. The van der Waals surface area contributed by atoms with E-state index in [-0.39, 0.29) is 6.10 Å². The van der Waals surface area contributed by atoms with Crippen molar-refractivity contribution in [1.29, 1.82) is 0 Å². The molecule has 0 bridgehead atoms. The van der Waals surface area contributed by atoms with E-state index in [1.165, 1.54) is 57.8 Å². The zero-order valence-electron chi connectivity index (χ0n) is 11.1. The minimum Gasteiger partial charge on any atom is -0.460 e. The third kappa shape index (κ3) is 7.58. The first-order chi connectivity index (χ1) is 8.33. The fraction of sp³-hybridized carbons (Fsp3) is 0.929. The predicted octanol–water partition coefficient (Wildman–Crippen LogP) is 4.61. The highest BCUT2D eigenvalue weighted by Crippen LogP contribution is 2.19. The second kappa shape index (κ2) is 9.69. The van der Waals surface area contributed by atoms with E-state index in [1.54, 1.807) is 7.11 Å². The molecule has 1 saturated carbocycles. The molecule has 1 aliphatic carbocycles. The molecule has 0 aliphatic heterocycles. The van der Waals surface area contributed by atoms with Crippen molar-refractivity contribution in [2.75, 3.05) is 7.11 Å². The maximum absolute atomic E-state index is 5.65. The zero-order chi connectivity index (χ0) is 12.3. The molecule has 0 N–H and O–H groups in total. The molecule has 0 aromatic carbocycles. The lowest BCUT2D eigenvalue weighted by molar-refractivity contribution is 0.115. The molecule has 0 spiro atoms. The van der Waals surface area contributed by atoms with Gasteiger partial charge in [-0.15, -0.1) is 0 Å². The van der Waals surface area contributed by atoms with E-state index in [0.29, 0.717) is 5.24 Å². The van der Waals surface area contributed by atoms with Gasteiger partial charge in [0, 0.05) is 12.2 Å². The minimum absolute atomic E-state index is 0.280. The van der Waals surface area contributed by atoms with Gasteiger partial charge in [-0.25, -0.2) is 0 Å². The first-order valence-corrected chi connectivity index (χ1v) is 7.48. The molecule has 1 rings (SSSR count). The summed E-state index contributed by atoms with van der Waals surface area (Å²) in [5.41, 5.74) is 0. The van der Waals surface area contributed by atoms with E-state index in [4.69, 9.17) is 21.7 Å². The van der Waals surface area contributed by atoms with Gasteiger partial charge >= 0.3 is 5.24 Å². The second-order valence-corrected chi connectivity index (χ2v) is 5.29. The molecule has 0 radical (unpaired) electrons. The van der Waals surface area contributed by atoms with Crippen LogP contribution in [0.2, 0.25) is 0 Å². The van der Waals surface area contributed by atoms with Crippen molar-refractivity contribution in [3.63, 3.8) is 0 Å². The van der Waals surface area contributed by atoms with Gasteiger partial charge in [0.25, 0.3) is 0 Å². The molecule has 0 atom stereocenters. The average molecular weight is 258 g/mol. The average Bonchev–Trinajstić information content (AvgIpc) is 2.32. The van der Waals surface area contributed by atoms with Crippen LogP contribution in [0.4, 0.5) is 0 Å². The molecule has 0 aromatic rings. The van der Waals surface area contributed by atoms with Crippen LogP contribution in [-0.2, 0) is 9.47 Å². The van der Waals surface area contributed by atoms with Crippen LogP contribution < -0.4 is 0 Å². The van der Waals surface area contributed by atoms with Crippen LogP contribution in [-0.4, -0.2) is 18.5 Å². The van der Waals surface area contributed by atoms with E-state index in [0.717, 1.165) is 12.8 Å². The van der Waals surface area contributed by atoms with E-state index in [1.807, 2.05) is 0 Å². The summed E-state index contributed by atoms with van der Waals surface area (Å²) in [6.07, 6.45) is 14.7. The van der Waals surface area contributed by atoms with Crippen molar-refractivity contribution in [3.8, 4) is 0 Å². The molecule has 0 unspecified atom stereocenters. The van der Waals surface area contributed by atoms with E-state index < -0.39 is 0 Å². The Morgan fingerprint density at radius 3 is 1.65 bits per heavy atom. The molecular weight excluding hydrogens is 232 g/mol. The molecule has 17 heavy (non-hydrogen) atoms. The first kappa shape index (κ1) is 14.7. The number of hydrogen-bond acceptors (Lipinski definition) is 3. The fourth-order valence-electron chi connectivity index (χ4n) is 2.43. The Labute approximate surface area is 111 Å². The number of rotatable bonds is 1. The van der Waals surface area contributed by atoms with Gasteiger partial charge in [0.2, 0.25) is 0 Å². The smallest absolute Gasteiger partial charge is 0.352 e. The van der Waals surface area contributed by atoms with Crippen molar-refractivity contribution >= 4 is 17.5 Å². The first-order valence-electron chi connectivity index (χ1n) is 7.07. The number of hydrogen-bond donors (Lipinski definition) is 0. The Morgan fingerprint density at radius 2 is 1.24 bits per heavy atom. The lowest BCUT2D eigenvalue weighted by Gasteiger charge is -2.19. The van der Waals surface area contributed by atoms with Crippen LogP contribution in [0.1, 0.15) is 70.6 Å². The summed E-state index contributed by atoms with van der Waals surface area (Å²) < 4.78 is 10.6. The lowest BCUT2D eigenvalue weighted by Crippen LogP contribution is -2.18. The van der Waals surface area contributed by atoms with Gasteiger partial charge in [-0.05, 0) is 25.7 Å². The summed E-state index contributed by atoms with van der Waals surface area (Å²) in [5.74, 6) is 0. The normalized spacial score (nSPS) is 21.0. The quantitative estimate of drug-likeness (QED) is 0.640. The third-order valence-corrected chi connectivity index (χ3v) is 3.74. The van der Waals surface area contributed by atoms with Crippen molar-refractivity contribution in [2.24, 2.45) is 0 Å².